The van der Waals surface area contributed by atoms with Crippen molar-refractivity contribution in [2.45, 2.75) is 57.3 Å². The number of amides is 1. The first-order chi connectivity index (χ1) is 21.7. The van der Waals surface area contributed by atoms with E-state index in [1.54, 1.807) is 24.0 Å². The van der Waals surface area contributed by atoms with Gasteiger partial charge in [-0.2, -0.15) is 13.4 Å². The van der Waals surface area contributed by atoms with Crippen molar-refractivity contribution in [3.8, 4) is 22.8 Å². The van der Waals surface area contributed by atoms with Gasteiger partial charge in [0.1, 0.15) is 40.9 Å². The molecule has 1 aliphatic heterocycles. The maximum Gasteiger partial charge on any atom is 0.410 e. The Labute approximate surface area is 265 Å². The zero-order valence-electron chi connectivity index (χ0n) is 25.9. The third kappa shape index (κ3) is 6.00. The number of benzene rings is 2. The van der Waals surface area contributed by atoms with Gasteiger partial charge in [-0.3, -0.25) is 4.72 Å². The normalized spacial score (nSPS) is 16.1. The number of nitrogens with zero attached hydrogens (tertiary/aromatic N) is 4. The minimum absolute atomic E-state index is 0.00274. The maximum absolute atomic E-state index is 14.4. The molecule has 0 atom stereocenters. The molecule has 11 nitrogen and oxygen atoms in total. The summed E-state index contributed by atoms with van der Waals surface area (Å²) in [5.74, 6) is -1.41. The van der Waals surface area contributed by atoms with Crippen molar-refractivity contribution in [2.75, 3.05) is 24.9 Å². The van der Waals surface area contributed by atoms with Crippen LogP contribution < -0.4 is 14.2 Å². The van der Waals surface area contributed by atoms with Crippen molar-refractivity contribution >= 4 is 32.7 Å². The minimum atomic E-state index is -4.51. The molecule has 4 aromatic rings. The van der Waals surface area contributed by atoms with Gasteiger partial charge in [0.15, 0.2) is 5.03 Å². The summed E-state index contributed by atoms with van der Waals surface area (Å²) in [6.45, 7) is 8.51. The Morgan fingerprint density at radius 3 is 2.43 bits per heavy atom. The summed E-state index contributed by atoms with van der Waals surface area (Å²) in [5, 5.41) is 0.111. The summed E-state index contributed by atoms with van der Waals surface area (Å²) in [4.78, 5) is 27.1. The van der Waals surface area contributed by atoms with E-state index < -0.39 is 38.0 Å². The molecule has 0 radical (unpaired) electrons. The fourth-order valence-corrected chi connectivity index (χ4v) is 7.21. The topological polar surface area (TPSA) is 133 Å². The lowest BCUT2D eigenvalue weighted by Gasteiger charge is -2.58. The number of hydrogen-bond acceptors (Lipinski definition) is 9. The number of nitrogens with one attached hydrogen (secondary N) is 1. The van der Waals surface area contributed by atoms with E-state index >= 15 is 0 Å². The monoisotopic (exact) mass is 653 g/mol. The van der Waals surface area contributed by atoms with Crippen molar-refractivity contribution in [1.29, 1.82) is 0 Å². The molecule has 3 heterocycles. The average molecular weight is 654 g/mol. The van der Waals surface area contributed by atoms with Crippen LogP contribution in [0.4, 0.5) is 19.3 Å². The van der Waals surface area contributed by atoms with Crippen molar-refractivity contribution in [3.63, 3.8) is 0 Å². The molecule has 46 heavy (non-hydrogen) atoms. The van der Waals surface area contributed by atoms with Crippen LogP contribution in [0.15, 0.2) is 53.8 Å². The smallest absolute Gasteiger partial charge is 0.410 e. The van der Waals surface area contributed by atoms with Crippen LogP contribution in [0, 0.1) is 24.0 Å². The Hall–Kier alpha value is -4.59. The van der Waals surface area contributed by atoms with Crippen LogP contribution >= 0.6 is 0 Å². The summed E-state index contributed by atoms with van der Waals surface area (Å²) in [5.41, 5.74) is 0.687. The number of likely N-dealkylation sites (tertiary alicyclic amines) is 1. The van der Waals surface area contributed by atoms with Gasteiger partial charge in [-0.25, -0.2) is 23.5 Å². The number of aromatic nitrogens is 3. The third-order valence-electron chi connectivity index (χ3n) is 8.02. The number of carbonyl (C=O) groups is 1. The fourth-order valence-electron chi connectivity index (χ4n) is 5.98. The molecule has 1 saturated carbocycles. The molecule has 2 fully saturated rings. The zero-order valence-corrected chi connectivity index (χ0v) is 26.7. The highest BCUT2D eigenvalue weighted by atomic mass is 32.2. The van der Waals surface area contributed by atoms with Gasteiger partial charge in [-0.1, -0.05) is 0 Å². The van der Waals surface area contributed by atoms with Gasteiger partial charge in [-0.15, -0.1) is 0 Å². The molecule has 2 aromatic heterocycles. The first-order valence-electron chi connectivity index (χ1n) is 14.6. The summed E-state index contributed by atoms with van der Waals surface area (Å²) in [6, 6.07) is 8.98. The van der Waals surface area contributed by atoms with Crippen molar-refractivity contribution in [3.05, 3.63) is 66.1 Å². The lowest BCUT2D eigenvalue weighted by atomic mass is 9.62. The molecule has 14 heteroatoms. The van der Waals surface area contributed by atoms with Gasteiger partial charge in [0.2, 0.25) is 5.88 Å². The molecule has 2 aromatic carbocycles. The van der Waals surface area contributed by atoms with E-state index in [9.17, 15) is 22.0 Å². The minimum Gasteiger partial charge on any atom is -0.488 e. The largest absolute Gasteiger partial charge is 0.488 e. The number of hydrogen-bond donors (Lipinski definition) is 1. The molecule has 1 aliphatic carbocycles. The average Bonchev–Trinajstić information content (AvgIpc) is 2.94. The van der Waals surface area contributed by atoms with Crippen LogP contribution in [-0.2, 0) is 14.8 Å². The molecule has 6 rings (SSSR count). The summed E-state index contributed by atoms with van der Waals surface area (Å²) in [7, 11) is -3.17. The number of halogens is 2. The number of aryl methyl sites for hydroxylation is 1. The molecule has 242 valence electrons. The maximum atomic E-state index is 14.4. The van der Waals surface area contributed by atoms with Gasteiger partial charge in [-0.05, 0) is 76.4 Å². The number of methoxy groups -OCH3 is 1. The van der Waals surface area contributed by atoms with Crippen LogP contribution in [0.1, 0.15) is 39.3 Å². The number of anilines is 1. The first kappa shape index (κ1) is 31.4. The lowest BCUT2D eigenvalue weighted by molar-refractivity contribution is -0.116. The second-order valence-electron chi connectivity index (χ2n) is 12.7. The number of sulfonamides is 1. The van der Waals surface area contributed by atoms with Crippen LogP contribution in [-0.4, -0.2) is 66.3 Å². The fraction of sp³-hybridized carbons (Fsp3) is 0.375. The second kappa shape index (κ2) is 11.3. The van der Waals surface area contributed by atoms with E-state index in [-0.39, 0.29) is 29.1 Å². The molecule has 1 saturated heterocycles. The number of fused-ring (bicyclic) bond motifs is 1. The standard InChI is InChI=1S/C32H33F2N5O6S/c1-18-27-21(22-8-11-26(43-5)37-29(22)46(41,42)38-24-9-6-19(33)12-23(24)34)7-10-25(28(27)36-17-35-18)44-20-13-32(14-20)15-39(16-32)30(40)45-31(2,3)4/h6-12,17,20,38H,13-16H2,1-5H3. The van der Waals surface area contributed by atoms with E-state index in [0.717, 1.165) is 25.0 Å². The SMILES string of the molecule is COc1ccc(-c2ccc(OC3CC4(C3)CN(C(=O)OC(C)(C)C)C4)c3ncnc(C)c23)c(S(=O)(=O)Nc2ccc(F)cc2F)n1. The Morgan fingerprint density at radius 2 is 1.76 bits per heavy atom. The van der Waals surface area contributed by atoms with Crippen LogP contribution in [0.2, 0.25) is 0 Å². The lowest BCUT2D eigenvalue weighted by Crippen LogP contribution is -2.66. The Balaban J connectivity index is 1.29. The van der Waals surface area contributed by atoms with Gasteiger partial charge in [0.25, 0.3) is 10.0 Å². The molecular formula is C32H33F2N5O6S. The molecule has 0 bridgehead atoms. The third-order valence-corrected chi connectivity index (χ3v) is 9.33. The van der Waals surface area contributed by atoms with Crippen LogP contribution in [0.3, 0.4) is 0 Å². The predicted octanol–water partition coefficient (Wildman–Crippen LogP) is 5.87. The Morgan fingerprint density at radius 1 is 1.04 bits per heavy atom. The summed E-state index contributed by atoms with van der Waals surface area (Å²) >= 11 is 0. The van der Waals surface area contributed by atoms with E-state index in [2.05, 4.69) is 19.7 Å². The molecular weight excluding hydrogens is 620 g/mol. The molecule has 1 amide bonds. The second-order valence-corrected chi connectivity index (χ2v) is 14.3. The Bertz CT molecular complexity index is 1950. The quantitative estimate of drug-likeness (QED) is 0.260. The highest BCUT2D eigenvalue weighted by Crippen LogP contribution is 2.50. The first-order valence-corrected chi connectivity index (χ1v) is 16.1. The zero-order chi connectivity index (χ0) is 33.0. The molecule has 0 unspecified atom stereocenters. The van der Waals surface area contributed by atoms with E-state index in [0.29, 0.717) is 47.1 Å². The van der Waals surface area contributed by atoms with E-state index in [4.69, 9.17) is 14.2 Å². The molecule has 2 aliphatic rings. The number of ether oxygens (including phenoxy) is 3. The number of rotatable bonds is 7. The van der Waals surface area contributed by atoms with Gasteiger partial charge in [0, 0.05) is 47.3 Å². The summed E-state index contributed by atoms with van der Waals surface area (Å²) in [6.07, 6.45) is 2.51. The van der Waals surface area contributed by atoms with Gasteiger partial charge < -0.3 is 19.1 Å². The van der Waals surface area contributed by atoms with Crippen LogP contribution in [0.25, 0.3) is 22.0 Å². The highest BCUT2D eigenvalue weighted by molar-refractivity contribution is 7.92. The van der Waals surface area contributed by atoms with Crippen molar-refractivity contribution < 1.29 is 36.2 Å². The highest BCUT2D eigenvalue weighted by Gasteiger charge is 2.55. The van der Waals surface area contributed by atoms with E-state index in [1.165, 1.54) is 25.6 Å². The number of carbonyl (C=O) groups excluding carboxylic acids is 1. The van der Waals surface area contributed by atoms with Gasteiger partial charge in [0.05, 0.1) is 12.8 Å². The predicted molar refractivity (Wildman–Crippen MR) is 165 cm³/mol. The molecule has 1 N–H and O–H groups in total. The Kier molecular flexibility index (Phi) is 7.74. The van der Waals surface area contributed by atoms with Crippen molar-refractivity contribution in [2.24, 2.45) is 5.41 Å². The summed E-state index contributed by atoms with van der Waals surface area (Å²) < 4.78 is 74.4. The van der Waals surface area contributed by atoms with E-state index in [1.807, 2.05) is 20.8 Å². The number of pyridine rings is 1. The van der Waals surface area contributed by atoms with Crippen molar-refractivity contribution in [1.82, 2.24) is 19.9 Å². The molecule has 1 spiro atoms. The van der Waals surface area contributed by atoms with Crippen LogP contribution in [0.5, 0.6) is 11.6 Å². The van der Waals surface area contributed by atoms with Gasteiger partial charge >= 0.3 is 6.09 Å².